The summed E-state index contributed by atoms with van der Waals surface area (Å²) in [5, 5.41) is 3.67. The van der Waals surface area contributed by atoms with Crippen LogP contribution in [-0.2, 0) is 0 Å². The lowest BCUT2D eigenvalue weighted by Crippen LogP contribution is -2.32. The fraction of sp³-hybridized carbons (Fsp3) is 0.429. The number of thioether (sulfide) groups is 1. The highest BCUT2D eigenvalue weighted by Gasteiger charge is 2.20. The van der Waals surface area contributed by atoms with Crippen molar-refractivity contribution in [3.8, 4) is 0 Å². The van der Waals surface area contributed by atoms with Crippen LogP contribution in [0.3, 0.4) is 0 Å². The Morgan fingerprint density at radius 2 is 1.82 bits per heavy atom. The highest BCUT2D eigenvalue weighted by atomic mass is 35.5. The fourth-order valence-electron chi connectivity index (χ4n) is 3.78. The zero-order valence-electron chi connectivity index (χ0n) is 15.9. The predicted octanol–water partition coefficient (Wildman–Crippen LogP) is 4.53. The minimum atomic E-state index is -0.146. The number of rotatable bonds is 4. The summed E-state index contributed by atoms with van der Waals surface area (Å²) in [4.78, 5) is 21.9. The average molecular weight is 417 g/mol. The second kappa shape index (κ2) is 9.05. The monoisotopic (exact) mass is 416 g/mol. The average Bonchev–Trinajstić information content (AvgIpc) is 2.75. The predicted molar refractivity (Wildman–Crippen MR) is 119 cm³/mol. The lowest BCUT2D eigenvalue weighted by Gasteiger charge is -2.29. The number of carbonyl (C=O) groups excluding carboxylic acids is 1. The summed E-state index contributed by atoms with van der Waals surface area (Å²) in [6.07, 6.45) is 5.28. The summed E-state index contributed by atoms with van der Waals surface area (Å²) in [6, 6.07) is 9.43. The summed E-state index contributed by atoms with van der Waals surface area (Å²) in [5.74, 6) is 2.87. The molecule has 5 nitrogen and oxygen atoms in total. The third-order valence-electron chi connectivity index (χ3n) is 5.24. The smallest absolute Gasteiger partial charge is 0.259 e. The zero-order valence-corrected chi connectivity index (χ0v) is 17.4. The molecular formula is C21H25ClN4OS. The van der Waals surface area contributed by atoms with Crippen molar-refractivity contribution < 1.29 is 4.79 Å². The van der Waals surface area contributed by atoms with E-state index in [4.69, 9.17) is 11.6 Å². The molecule has 2 saturated heterocycles. The van der Waals surface area contributed by atoms with Crippen molar-refractivity contribution in [1.82, 2.24) is 4.98 Å². The summed E-state index contributed by atoms with van der Waals surface area (Å²) < 4.78 is 0. The number of nitrogens with zero attached hydrogens (tertiary/aromatic N) is 3. The van der Waals surface area contributed by atoms with E-state index in [-0.39, 0.29) is 5.91 Å². The van der Waals surface area contributed by atoms with Crippen molar-refractivity contribution >= 4 is 46.5 Å². The second-order valence-corrected chi connectivity index (χ2v) is 8.77. The summed E-state index contributed by atoms with van der Waals surface area (Å²) >= 11 is 8.49. The Morgan fingerprint density at radius 3 is 2.57 bits per heavy atom. The first-order chi connectivity index (χ1) is 13.7. The van der Waals surface area contributed by atoms with E-state index < -0.39 is 0 Å². The van der Waals surface area contributed by atoms with Crippen LogP contribution in [0.4, 0.5) is 17.2 Å². The summed E-state index contributed by atoms with van der Waals surface area (Å²) in [5.41, 5.74) is 2.35. The maximum Gasteiger partial charge on any atom is 0.259 e. The number of anilines is 3. The molecule has 2 fully saturated rings. The van der Waals surface area contributed by atoms with Crippen LogP contribution >= 0.6 is 23.4 Å². The van der Waals surface area contributed by atoms with Crippen LogP contribution in [0.5, 0.6) is 0 Å². The van der Waals surface area contributed by atoms with Crippen LogP contribution in [0.2, 0.25) is 5.02 Å². The molecule has 0 saturated carbocycles. The van der Waals surface area contributed by atoms with Crippen molar-refractivity contribution in [3.63, 3.8) is 0 Å². The van der Waals surface area contributed by atoms with E-state index in [1.807, 2.05) is 42.1 Å². The van der Waals surface area contributed by atoms with Crippen LogP contribution < -0.4 is 15.1 Å². The summed E-state index contributed by atoms with van der Waals surface area (Å²) in [7, 11) is 0. The van der Waals surface area contributed by atoms with E-state index in [0.29, 0.717) is 16.3 Å². The number of hydrogen-bond acceptors (Lipinski definition) is 5. The van der Waals surface area contributed by atoms with Gasteiger partial charge in [-0.2, -0.15) is 11.8 Å². The Bertz CT molecular complexity index is 835. The quantitative estimate of drug-likeness (QED) is 0.793. The van der Waals surface area contributed by atoms with Crippen LogP contribution in [-0.4, -0.2) is 48.6 Å². The van der Waals surface area contributed by atoms with Gasteiger partial charge in [0.2, 0.25) is 0 Å². The van der Waals surface area contributed by atoms with Gasteiger partial charge in [-0.3, -0.25) is 4.79 Å². The van der Waals surface area contributed by atoms with Crippen molar-refractivity contribution in [2.75, 3.05) is 52.8 Å². The number of benzene rings is 1. The SMILES string of the molecule is O=C(Nc1ccc(N2CCSCC2)c(Cl)c1)c1cccnc1N1CCCCC1. The Kier molecular flexibility index (Phi) is 6.27. The number of halogens is 1. The first-order valence-corrected chi connectivity index (χ1v) is 11.4. The molecule has 2 aliphatic heterocycles. The first-order valence-electron chi connectivity index (χ1n) is 9.86. The van der Waals surface area contributed by atoms with Gasteiger partial charge in [-0.1, -0.05) is 11.6 Å². The normalized spacial score (nSPS) is 17.5. The topological polar surface area (TPSA) is 48.5 Å². The third-order valence-corrected chi connectivity index (χ3v) is 6.49. The molecule has 2 aliphatic rings. The van der Waals surface area contributed by atoms with E-state index in [1.165, 1.54) is 6.42 Å². The number of carbonyl (C=O) groups is 1. The van der Waals surface area contributed by atoms with E-state index >= 15 is 0 Å². The molecule has 4 rings (SSSR count). The molecule has 1 N–H and O–H groups in total. The third kappa shape index (κ3) is 4.39. The number of pyridine rings is 1. The number of piperidine rings is 1. The van der Waals surface area contributed by atoms with Gasteiger partial charge in [0.05, 0.1) is 16.3 Å². The minimum absolute atomic E-state index is 0.146. The molecule has 148 valence electrons. The number of hydrogen-bond donors (Lipinski definition) is 1. The lowest BCUT2D eigenvalue weighted by molar-refractivity contribution is 0.102. The molecule has 0 bridgehead atoms. The molecule has 1 amide bonds. The van der Waals surface area contributed by atoms with E-state index in [2.05, 4.69) is 20.1 Å². The van der Waals surface area contributed by atoms with Gasteiger partial charge in [0.1, 0.15) is 5.82 Å². The van der Waals surface area contributed by atoms with E-state index in [9.17, 15) is 4.79 Å². The fourth-order valence-corrected chi connectivity index (χ4v) is 4.98. The molecule has 1 aromatic carbocycles. The number of aromatic nitrogens is 1. The minimum Gasteiger partial charge on any atom is -0.369 e. The molecule has 1 aromatic heterocycles. The Labute approximate surface area is 175 Å². The van der Waals surface area contributed by atoms with Gasteiger partial charge in [0, 0.05) is 49.6 Å². The maximum absolute atomic E-state index is 12.9. The molecular weight excluding hydrogens is 392 g/mol. The molecule has 2 aromatic rings. The highest BCUT2D eigenvalue weighted by molar-refractivity contribution is 7.99. The van der Waals surface area contributed by atoms with E-state index in [0.717, 1.165) is 62.0 Å². The van der Waals surface area contributed by atoms with Gasteiger partial charge in [0.25, 0.3) is 5.91 Å². The Hall–Kier alpha value is -1.92. The van der Waals surface area contributed by atoms with Crippen molar-refractivity contribution in [1.29, 1.82) is 0 Å². The van der Waals surface area contributed by atoms with Gasteiger partial charge in [-0.15, -0.1) is 0 Å². The number of nitrogens with one attached hydrogen (secondary N) is 1. The second-order valence-electron chi connectivity index (χ2n) is 7.14. The van der Waals surface area contributed by atoms with Crippen LogP contribution in [0.25, 0.3) is 0 Å². The van der Waals surface area contributed by atoms with Gasteiger partial charge in [-0.05, 0) is 49.6 Å². The van der Waals surface area contributed by atoms with Crippen molar-refractivity contribution in [2.24, 2.45) is 0 Å². The lowest BCUT2D eigenvalue weighted by atomic mass is 10.1. The van der Waals surface area contributed by atoms with Crippen molar-refractivity contribution in [3.05, 3.63) is 47.1 Å². The van der Waals surface area contributed by atoms with Gasteiger partial charge >= 0.3 is 0 Å². The Morgan fingerprint density at radius 1 is 1.04 bits per heavy atom. The largest absolute Gasteiger partial charge is 0.369 e. The molecule has 0 radical (unpaired) electrons. The molecule has 0 spiro atoms. The van der Waals surface area contributed by atoms with Crippen LogP contribution in [0.1, 0.15) is 29.6 Å². The van der Waals surface area contributed by atoms with Crippen molar-refractivity contribution in [2.45, 2.75) is 19.3 Å². The van der Waals surface area contributed by atoms with Crippen LogP contribution in [0.15, 0.2) is 36.5 Å². The molecule has 0 aliphatic carbocycles. The van der Waals surface area contributed by atoms with E-state index in [1.54, 1.807) is 6.20 Å². The molecule has 0 unspecified atom stereocenters. The van der Waals surface area contributed by atoms with Gasteiger partial charge in [-0.25, -0.2) is 4.98 Å². The summed E-state index contributed by atoms with van der Waals surface area (Å²) in [6.45, 7) is 3.91. The molecule has 7 heteroatoms. The highest BCUT2D eigenvalue weighted by Crippen LogP contribution is 2.31. The molecule has 28 heavy (non-hydrogen) atoms. The molecule has 3 heterocycles. The van der Waals surface area contributed by atoms with Crippen LogP contribution in [0, 0.1) is 0 Å². The Balaban J connectivity index is 1.50. The number of amides is 1. The van der Waals surface area contributed by atoms with Gasteiger partial charge in [0.15, 0.2) is 0 Å². The maximum atomic E-state index is 12.9. The zero-order chi connectivity index (χ0) is 19.3. The first kappa shape index (κ1) is 19.4. The van der Waals surface area contributed by atoms with Gasteiger partial charge < -0.3 is 15.1 Å². The molecule has 0 atom stereocenters. The standard InChI is InChI=1S/C21H25ClN4OS/c22-18-15-16(6-7-19(18)25-11-13-28-14-12-25)24-21(27)17-5-4-8-23-20(17)26-9-2-1-3-10-26/h4-8,15H,1-3,9-14H2,(H,24,27).